The van der Waals surface area contributed by atoms with E-state index < -0.39 is 6.04 Å². The van der Waals surface area contributed by atoms with Crippen molar-refractivity contribution in [1.29, 1.82) is 0 Å². The predicted molar refractivity (Wildman–Crippen MR) is 127 cm³/mol. The Bertz CT molecular complexity index is 1210. The lowest BCUT2D eigenvalue weighted by molar-refractivity contribution is -0.127. The largest absolute Gasteiger partial charge is 0.344 e. The number of hydrogen-bond donors (Lipinski definition) is 2. The molecule has 4 rings (SSSR count). The van der Waals surface area contributed by atoms with Gasteiger partial charge in [0.15, 0.2) is 0 Å². The second kappa shape index (κ2) is 9.47. The normalized spacial score (nSPS) is 12.0. The first-order valence-corrected chi connectivity index (χ1v) is 10.7. The van der Waals surface area contributed by atoms with Crippen LogP contribution < -0.4 is 10.6 Å². The molecule has 0 spiro atoms. The number of imidazole rings is 1. The van der Waals surface area contributed by atoms with E-state index in [4.69, 9.17) is 0 Å². The molecule has 1 atom stereocenters. The Balaban J connectivity index is 1.42. The Morgan fingerprint density at radius 1 is 0.906 bits per heavy atom. The van der Waals surface area contributed by atoms with Crippen LogP contribution in [0.5, 0.6) is 0 Å². The molecular weight excluding hydrogens is 400 g/mol. The average molecular weight is 427 g/mol. The van der Waals surface area contributed by atoms with E-state index in [1.807, 2.05) is 97.3 Å². The summed E-state index contributed by atoms with van der Waals surface area (Å²) >= 11 is 0. The number of carbonyl (C=O) groups excluding carboxylic acids is 2. The van der Waals surface area contributed by atoms with Crippen molar-refractivity contribution >= 4 is 28.5 Å². The van der Waals surface area contributed by atoms with Gasteiger partial charge in [0.1, 0.15) is 12.4 Å². The highest BCUT2D eigenvalue weighted by Crippen LogP contribution is 2.20. The van der Waals surface area contributed by atoms with Crippen LogP contribution in [0.3, 0.4) is 0 Å². The van der Waals surface area contributed by atoms with Crippen LogP contribution in [-0.2, 0) is 16.0 Å². The molecule has 4 aromatic rings. The minimum absolute atomic E-state index is 0.0497. The number of amides is 2. The maximum atomic E-state index is 12.9. The summed E-state index contributed by atoms with van der Waals surface area (Å²) in [5, 5.41) is 5.80. The molecule has 0 aliphatic carbocycles. The van der Waals surface area contributed by atoms with Crippen LogP contribution in [-0.4, -0.2) is 27.4 Å². The van der Waals surface area contributed by atoms with Gasteiger partial charge < -0.3 is 10.6 Å². The Morgan fingerprint density at radius 2 is 1.59 bits per heavy atom. The van der Waals surface area contributed by atoms with Crippen molar-refractivity contribution in [2.75, 3.05) is 5.32 Å². The van der Waals surface area contributed by atoms with Crippen molar-refractivity contribution in [3.8, 4) is 5.69 Å². The molecule has 2 amide bonds. The number of para-hydroxylation sites is 2. The molecule has 1 heterocycles. The highest BCUT2D eigenvalue weighted by atomic mass is 16.2. The fourth-order valence-electron chi connectivity index (χ4n) is 3.63. The number of aromatic nitrogens is 2. The summed E-state index contributed by atoms with van der Waals surface area (Å²) in [6.45, 7) is 3.83. The first kappa shape index (κ1) is 21.3. The molecule has 2 N–H and O–H groups in total. The Labute approximate surface area is 187 Å². The molecule has 162 valence electrons. The standard InChI is InChI=1S/C26H26N4O2/c1-18(2)25(29-24(31)16-19-8-4-3-5-9-19)26(32)28-20-12-14-21(15-13-20)30-17-27-22-10-6-7-11-23(22)30/h3-15,17-18,25H,16H2,1-2H3,(H,28,32)(H,29,31)/t25-/m0/s1. The number of fused-ring (bicyclic) bond motifs is 1. The van der Waals surface area contributed by atoms with Gasteiger partial charge in [-0.3, -0.25) is 14.2 Å². The van der Waals surface area contributed by atoms with Gasteiger partial charge in [-0.05, 0) is 47.9 Å². The van der Waals surface area contributed by atoms with Crippen LogP contribution in [0.1, 0.15) is 19.4 Å². The van der Waals surface area contributed by atoms with Gasteiger partial charge >= 0.3 is 0 Å². The zero-order valence-electron chi connectivity index (χ0n) is 18.2. The molecule has 0 bridgehead atoms. The molecule has 6 heteroatoms. The lowest BCUT2D eigenvalue weighted by Gasteiger charge is -2.22. The summed E-state index contributed by atoms with van der Waals surface area (Å²) in [5.41, 5.74) is 4.48. The van der Waals surface area contributed by atoms with Crippen molar-refractivity contribution in [3.63, 3.8) is 0 Å². The first-order chi connectivity index (χ1) is 15.5. The number of anilines is 1. The third kappa shape index (κ3) is 4.86. The van der Waals surface area contributed by atoms with E-state index in [1.54, 1.807) is 6.33 Å². The molecule has 0 saturated heterocycles. The van der Waals surface area contributed by atoms with Gasteiger partial charge in [0.2, 0.25) is 11.8 Å². The smallest absolute Gasteiger partial charge is 0.247 e. The highest BCUT2D eigenvalue weighted by Gasteiger charge is 2.24. The monoisotopic (exact) mass is 426 g/mol. The maximum Gasteiger partial charge on any atom is 0.247 e. The van der Waals surface area contributed by atoms with E-state index in [2.05, 4.69) is 15.6 Å². The van der Waals surface area contributed by atoms with Crippen LogP contribution in [0.25, 0.3) is 16.7 Å². The van der Waals surface area contributed by atoms with Crippen LogP contribution in [0.15, 0.2) is 85.2 Å². The Hall–Kier alpha value is -3.93. The van der Waals surface area contributed by atoms with Crippen molar-refractivity contribution in [1.82, 2.24) is 14.9 Å². The van der Waals surface area contributed by atoms with Gasteiger partial charge in [-0.1, -0.05) is 56.3 Å². The van der Waals surface area contributed by atoms with Crippen molar-refractivity contribution < 1.29 is 9.59 Å². The van der Waals surface area contributed by atoms with Gasteiger partial charge in [-0.25, -0.2) is 4.98 Å². The SMILES string of the molecule is CC(C)[C@H](NC(=O)Cc1ccccc1)C(=O)Nc1ccc(-n2cnc3ccccc32)cc1. The molecule has 3 aromatic carbocycles. The van der Waals surface area contributed by atoms with Gasteiger partial charge in [-0.15, -0.1) is 0 Å². The number of hydrogen-bond acceptors (Lipinski definition) is 3. The molecule has 0 fully saturated rings. The second-order valence-electron chi connectivity index (χ2n) is 8.09. The number of rotatable bonds is 7. The maximum absolute atomic E-state index is 12.9. The zero-order chi connectivity index (χ0) is 22.5. The molecule has 1 aromatic heterocycles. The molecule has 0 aliphatic heterocycles. The lowest BCUT2D eigenvalue weighted by Crippen LogP contribution is -2.47. The summed E-state index contributed by atoms with van der Waals surface area (Å²) in [6, 6.07) is 24.4. The van der Waals surface area contributed by atoms with Gasteiger partial charge in [0.25, 0.3) is 0 Å². The summed E-state index contributed by atoms with van der Waals surface area (Å²) in [7, 11) is 0. The molecule has 0 saturated carbocycles. The van der Waals surface area contributed by atoms with E-state index >= 15 is 0 Å². The molecule has 0 aliphatic rings. The first-order valence-electron chi connectivity index (χ1n) is 10.7. The van der Waals surface area contributed by atoms with E-state index in [-0.39, 0.29) is 24.2 Å². The fourth-order valence-corrected chi connectivity index (χ4v) is 3.63. The molecule has 6 nitrogen and oxygen atoms in total. The van der Waals surface area contributed by atoms with Crippen molar-refractivity contribution in [3.05, 3.63) is 90.8 Å². The van der Waals surface area contributed by atoms with E-state index in [0.717, 1.165) is 22.3 Å². The van der Waals surface area contributed by atoms with E-state index in [0.29, 0.717) is 5.69 Å². The predicted octanol–water partition coefficient (Wildman–Crippen LogP) is 4.35. The summed E-state index contributed by atoms with van der Waals surface area (Å²) in [5.74, 6) is -0.457. The van der Waals surface area contributed by atoms with Gasteiger partial charge in [0, 0.05) is 11.4 Å². The minimum atomic E-state index is -0.622. The molecule has 0 radical (unpaired) electrons. The highest BCUT2D eigenvalue weighted by molar-refractivity contribution is 5.97. The number of nitrogens with one attached hydrogen (secondary N) is 2. The Morgan fingerprint density at radius 3 is 2.31 bits per heavy atom. The second-order valence-corrected chi connectivity index (χ2v) is 8.09. The van der Waals surface area contributed by atoms with Crippen LogP contribution in [0.4, 0.5) is 5.69 Å². The molecule has 0 unspecified atom stereocenters. The van der Waals surface area contributed by atoms with Crippen molar-refractivity contribution in [2.45, 2.75) is 26.3 Å². The van der Waals surface area contributed by atoms with Crippen molar-refractivity contribution in [2.24, 2.45) is 5.92 Å². The number of carbonyl (C=O) groups is 2. The van der Waals surface area contributed by atoms with Crippen LogP contribution >= 0.6 is 0 Å². The quantitative estimate of drug-likeness (QED) is 0.461. The minimum Gasteiger partial charge on any atom is -0.344 e. The molecule has 32 heavy (non-hydrogen) atoms. The topological polar surface area (TPSA) is 76.0 Å². The van der Waals surface area contributed by atoms with E-state index in [9.17, 15) is 9.59 Å². The molecular formula is C26H26N4O2. The number of benzene rings is 3. The van der Waals surface area contributed by atoms with Gasteiger partial charge in [-0.2, -0.15) is 0 Å². The summed E-state index contributed by atoms with van der Waals surface area (Å²) in [4.78, 5) is 29.8. The lowest BCUT2D eigenvalue weighted by atomic mass is 10.0. The number of nitrogens with zero attached hydrogens (tertiary/aromatic N) is 2. The Kier molecular flexibility index (Phi) is 6.31. The summed E-state index contributed by atoms with van der Waals surface area (Å²) < 4.78 is 2.00. The van der Waals surface area contributed by atoms with Gasteiger partial charge in [0.05, 0.1) is 17.5 Å². The zero-order valence-corrected chi connectivity index (χ0v) is 18.2. The van der Waals surface area contributed by atoms with E-state index in [1.165, 1.54) is 0 Å². The third-order valence-electron chi connectivity index (χ3n) is 5.34. The van der Waals surface area contributed by atoms with Crippen LogP contribution in [0, 0.1) is 5.92 Å². The average Bonchev–Trinajstić information content (AvgIpc) is 3.22. The summed E-state index contributed by atoms with van der Waals surface area (Å²) in [6.07, 6.45) is 2.03. The fraction of sp³-hybridized carbons (Fsp3) is 0.192. The van der Waals surface area contributed by atoms with Crippen LogP contribution in [0.2, 0.25) is 0 Å². The third-order valence-corrected chi connectivity index (χ3v) is 5.34.